The van der Waals surface area contributed by atoms with Crippen LogP contribution < -0.4 is 0 Å². The molecule has 0 heterocycles. The summed E-state index contributed by atoms with van der Waals surface area (Å²) in [5.74, 6) is 4.07. The van der Waals surface area contributed by atoms with Gasteiger partial charge >= 0.3 is 0 Å². The normalized spacial score (nSPS) is 47.4. The molecule has 31 heavy (non-hydrogen) atoms. The zero-order valence-electron chi connectivity index (χ0n) is 21.5. The molecule has 0 bridgehead atoms. The molecule has 0 aliphatic heterocycles. The minimum absolute atomic E-state index is 0.148. The Balaban J connectivity index is 1.58. The molecule has 4 rings (SSSR count). The first-order chi connectivity index (χ1) is 14.4. The average molecular weight is 431 g/mol. The van der Waals surface area contributed by atoms with Crippen molar-refractivity contribution in [2.75, 3.05) is 0 Å². The van der Waals surface area contributed by atoms with Crippen molar-refractivity contribution in [3.8, 4) is 0 Å². The minimum atomic E-state index is -0.336. The van der Waals surface area contributed by atoms with Crippen LogP contribution in [-0.4, -0.2) is 22.4 Å². The number of aliphatic hydroxyl groups is 2. The maximum absolute atomic E-state index is 11.5. The SMILES string of the molecule is CC(C)CCC[C@@H](C)[C@H]1CC[C@H]2[C@@H]3[C@@H](O)C=C4C(C)(C)[C@H](O)CC[C@]4(C)[C@H]3CC[C@]12C. The summed E-state index contributed by atoms with van der Waals surface area (Å²) in [6.45, 7) is 16.7. The van der Waals surface area contributed by atoms with Crippen LogP contribution in [0.4, 0.5) is 0 Å². The molecule has 0 radical (unpaired) electrons. The average Bonchev–Trinajstić information content (AvgIpc) is 3.04. The van der Waals surface area contributed by atoms with Gasteiger partial charge in [0, 0.05) is 5.41 Å². The monoisotopic (exact) mass is 430 g/mol. The maximum Gasteiger partial charge on any atom is 0.0757 e. The Morgan fingerprint density at radius 1 is 0.903 bits per heavy atom. The highest BCUT2D eigenvalue weighted by atomic mass is 16.3. The third-order valence-electron chi connectivity index (χ3n) is 11.2. The summed E-state index contributed by atoms with van der Waals surface area (Å²) in [6.07, 6.45) is 12.9. The van der Waals surface area contributed by atoms with Crippen LogP contribution in [0, 0.1) is 51.8 Å². The van der Waals surface area contributed by atoms with E-state index in [1.807, 2.05) is 0 Å². The van der Waals surface area contributed by atoms with Crippen molar-refractivity contribution in [1.29, 1.82) is 0 Å². The number of hydrogen-bond donors (Lipinski definition) is 2. The predicted octanol–water partition coefficient (Wildman–Crippen LogP) is 7.00. The number of hydrogen-bond acceptors (Lipinski definition) is 2. The second kappa shape index (κ2) is 8.15. The molecule has 0 unspecified atom stereocenters. The van der Waals surface area contributed by atoms with Crippen molar-refractivity contribution in [1.82, 2.24) is 0 Å². The van der Waals surface area contributed by atoms with Gasteiger partial charge in [0.1, 0.15) is 0 Å². The smallest absolute Gasteiger partial charge is 0.0757 e. The zero-order valence-corrected chi connectivity index (χ0v) is 21.5. The molecule has 0 amide bonds. The summed E-state index contributed by atoms with van der Waals surface area (Å²) >= 11 is 0. The van der Waals surface area contributed by atoms with Gasteiger partial charge in [-0.05, 0) is 84.9 Å². The predicted molar refractivity (Wildman–Crippen MR) is 130 cm³/mol. The maximum atomic E-state index is 11.5. The lowest BCUT2D eigenvalue weighted by atomic mass is 9.43. The minimum Gasteiger partial charge on any atom is -0.392 e. The van der Waals surface area contributed by atoms with Gasteiger partial charge in [0.25, 0.3) is 0 Å². The van der Waals surface area contributed by atoms with E-state index in [4.69, 9.17) is 0 Å². The second-order valence-corrected chi connectivity index (χ2v) is 13.6. The van der Waals surface area contributed by atoms with Crippen molar-refractivity contribution < 1.29 is 10.2 Å². The quantitative estimate of drug-likeness (QED) is 0.461. The summed E-state index contributed by atoms with van der Waals surface area (Å²) in [7, 11) is 0. The summed E-state index contributed by atoms with van der Waals surface area (Å²) in [4.78, 5) is 0. The van der Waals surface area contributed by atoms with E-state index in [-0.39, 0.29) is 23.0 Å². The third kappa shape index (κ3) is 3.67. The van der Waals surface area contributed by atoms with E-state index in [0.29, 0.717) is 23.2 Å². The highest BCUT2D eigenvalue weighted by Crippen LogP contribution is 2.68. The summed E-state index contributed by atoms with van der Waals surface area (Å²) in [6, 6.07) is 0. The molecule has 9 atom stereocenters. The third-order valence-corrected chi connectivity index (χ3v) is 11.2. The molecule has 4 aliphatic carbocycles. The van der Waals surface area contributed by atoms with Gasteiger partial charge in [-0.3, -0.25) is 0 Å². The van der Waals surface area contributed by atoms with Crippen LogP contribution >= 0.6 is 0 Å². The van der Waals surface area contributed by atoms with Crippen LogP contribution in [-0.2, 0) is 0 Å². The first-order valence-corrected chi connectivity index (χ1v) is 13.5. The summed E-state index contributed by atoms with van der Waals surface area (Å²) < 4.78 is 0. The molecule has 0 spiro atoms. The van der Waals surface area contributed by atoms with E-state index in [9.17, 15) is 10.2 Å². The fourth-order valence-electron chi connectivity index (χ4n) is 9.36. The molecule has 0 aromatic carbocycles. The highest BCUT2D eigenvalue weighted by Gasteiger charge is 2.63. The summed E-state index contributed by atoms with van der Waals surface area (Å²) in [5.41, 5.74) is 1.68. The second-order valence-electron chi connectivity index (χ2n) is 13.6. The van der Waals surface area contributed by atoms with Crippen LogP contribution in [0.1, 0.15) is 106 Å². The standard InChI is InChI=1S/C29H50O2/c1-18(2)9-8-10-19(3)20-11-12-21-26-22(13-15-28(20,21)6)29(7)16-14-25(31)27(4,5)24(29)17-23(26)30/h17-23,25-26,30-31H,8-16H2,1-7H3/t19-,20-,21+,22+,23+,25-,26+,28-,29-/m1/s1. The van der Waals surface area contributed by atoms with Gasteiger partial charge in [0.15, 0.2) is 0 Å². The van der Waals surface area contributed by atoms with Crippen LogP contribution in [0.2, 0.25) is 0 Å². The molecule has 4 aliphatic rings. The Morgan fingerprint density at radius 3 is 2.29 bits per heavy atom. The van der Waals surface area contributed by atoms with Crippen LogP contribution in [0.15, 0.2) is 11.6 Å². The van der Waals surface area contributed by atoms with Gasteiger partial charge in [-0.15, -0.1) is 0 Å². The summed E-state index contributed by atoms with van der Waals surface area (Å²) in [5, 5.41) is 22.2. The number of aliphatic hydroxyl groups excluding tert-OH is 2. The topological polar surface area (TPSA) is 40.5 Å². The van der Waals surface area contributed by atoms with Crippen molar-refractivity contribution in [2.24, 2.45) is 51.8 Å². The van der Waals surface area contributed by atoms with Crippen LogP contribution in [0.25, 0.3) is 0 Å². The molecule has 178 valence electrons. The number of rotatable bonds is 5. The van der Waals surface area contributed by atoms with Crippen molar-refractivity contribution in [3.05, 3.63) is 11.6 Å². The lowest BCUT2D eigenvalue weighted by molar-refractivity contribution is -0.111. The Kier molecular flexibility index (Phi) is 6.26. The molecule has 0 saturated heterocycles. The van der Waals surface area contributed by atoms with Crippen LogP contribution in [0.3, 0.4) is 0 Å². The highest BCUT2D eigenvalue weighted by molar-refractivity contribution is 5.33. The molecule has 0 aromatic rings. The van der Waals surface area contributed by atoms with Gasteiger partial charge in [-0.25, -0.2) is 0 Å². The van der Waals surface area contributed by atoms with E-state index < -0.39 is 0 Å². The Labute approximate surface area is 192 Å². The molecule has 3 saturated carbocycles. The largest absolute Gasteiger partial charge is 0.392 e. The van der Waals surface area contributed by atoms with E-state index in [0.717, 1.165) is 30.6 Å². The van der Waals surface area contributed by atoms with E-state index in [2.05, 4.69) is 54.5 Å². The molecule has 2 N–H and O–H groups in total. The van der Waals surface area contributed by atoms with Crippen molar-refractivity contribution in [3.63, 3.8) is 0 Å². The van der Waals surface area contributed by atoms with Gasteiger partial charge in [-0.1, -0.05) is 79.4 Å². The Morgan fingerprint density at radius 2 is 1.61 bits per heavy atom. The fourth-order valence-corrected chi connectivity index (χ4v) is 9.36. The fraction of sp³-hybridized carbons (Fsp3) is 0.931. The Hall–Kier alpha value is -0.340. The molecular formula is C29H50O2. The molecule has 2 nitrogen and oxygen atoms in total. The van der Waals surface area contributed by atoms with E-state index >= 15 is 0 Å². The lowest BCUT2D eigenvalue weighted by Gasteiger charge is -2.62. The first-order valence-electron chi connectivity index (χ1n) is 13.5. The van der Waals surface area contributed by atoms with E-state index in [1.54, 1.807) is 0 Å². The molecular weight excluding hydrogens is 380 g/mol. The first kappa shape index (κ1) is 23.8. The van der Waals surface area contributed by atoms with Gasteiger partial charge in [-0.2, -0.15) is 0 Å². The Bertz CT molecular complexity index is 693. The zero-order chi connectivity index (χ0) is 22.8. The van der Waals surface area contributed by atoms with Gasteiger partial charge in [0.2, 0.25) is 0 Å². The molecule has 3 fully saturated rings. The molecule has 0 aromatic heterocycles. The lowest BCUT2D eigenvalue weighted by Crippen LogP contribution is -2.58. The van der Waals surface area contributed by atoms with E-state index in [1.165, 1.54) is 50.5 Å². The van der Waals surface area contributed by atoms with Crippen molar-refractivity contribution in [2.45, 2.75) is 118 Å². The van der Waals surface area contributed by atoms with Crippen LogP contribution in [0.5, 0.6) is 0 Å². The number of fused-ring (bicyclic) bond motifs is 5. The molecule has 2 heteroatoms. The van der Waals surface area contributed by atoms with Gasteiger partial charge in [0.05, 0.1) is 12.2 Å². The van der Waals surface area contributed by atoms with Gasteiger partial charge < -0.3 is 10.2 Å². The van der Waals surface area contributed by atoms with Crippen molar-refractivity contribution >= 4 is 0 Å².